The number of carboxylic acids is 1. The summed E-state index contributed by atoms with van der Waals surface area (Å²) in [7, 11) is 3.65. The van der Waals surface area contributed by atoms with Gasteiger partial charge in [-0.2, -0.15) is 18.3 Å². The molecule has 49 heavy (non-hydrogen) atoms. The molecule has 0 saturated heterocycles. The van der Waals surface area contributed by atoms with Gasteiger partial charge in [0.2, 0.25) is 5.89 Å². The van der Waals surface area contributed by atoms with Crippen LogP contribution in [0, 0.1) is 0 Å². The van der Waals surface area contributed by atoms with Gasteiger partial charge in [-0.3, -0.25) is 14.5 Å². The van der Waals surface area contributed by atoms with Crippen LogP contribution in [-0.4, -0.2) is 99.1 Å². The zero-order chi connectivity index (χ0) is 36.1. The van der Waals surface area contributed by atoms with Crippen molar-refractivity contribution in [3.8, 4) is 17.1 Å². The van der Waals surface area contributed by atoms with Crippen molar-refractivity contribution in [1.82, 2.24) is 30.0 Å². The number of carbonyl (C=O) groups is 4. The second-order valence-corrected chi connectivity index (χ2v) is 11.8. The van der Waals surface area contributed by atoms with Gasteiger partial charge in [-0.15, -0.1) is 0 Å². The van der Waals surface area contributed by atoms with Crippen LogP contribution in [0.2, 0.25) is 0 Å². The molecule has 0 atom stereocenters. The number of nitrogens with zero attached hydrogens (tertiary/aromatic N) is 6. The normalized spacial score (nSPS) is 11.7. The first-order valence-electron chi connectivity index (χ1n) is 14.6. The van der Waals surface area contributed by atoms with E-state index >= 15 is 0 Å². The molecule has 0 aliphatic heterocycles. The van der Waals surface area contributed by atoms with Crippen LogP contribution >= 0.6 is 0 Å². The summed E-state index contributed by atoms with van der Waals surface area (Å²) in [5.74, 6) is -3.13. The van der Waals surface area contributed by atoms with Gasteiger partial charge in [0.15, 0.2) is 11.4 Å². The predicted octanol–water partition coefficient (Wildman–Crippen LogP) is 4.47. The van der Waals surface area contributed by atoms with E-state index in [0.717, 1.165) is 18.5 Å². The van der Waals surface area contributed by atoms with Crippen molar-refractivity contribution in [2.45, 2.75) is 32.5 Å². The average molecular weight is 687 g/mol. The topological polar surface area (TPSA) is 185 Å². The van der Waals surface area contributed by atoms with Crippen LogP contribution in [0.5, 0.6) is 0 Å². The molecule has 15 nitrogen and oxygen atoms in total. The van der Waals surface area contributed by atoms with Gasteiger partial charge >= 0.3 is 18.2 Å². The molecule has 0 saturated carbocycles. The fourth-order valence-corrected chi connectivity index (χ4v) is 4.13. The molecule has 3 aromatic heterocycles. The van der Waals surface area contributed by atoms with E-state index in [1.54, 1.807) is 0 Å². The summed E-state index contributed by atoms with van der Waals surface area (Å²) >= 11 is 0. The number of hydrogen-bond acceptors (Lipinski definition) is 10. The number of carboxylic acid groups (broad SMARTS) is 1. The number of aromatic carboxylic acids is 1. The minimum absolute atomic E-state index is 0.00874. The van der Waals surface area contributed by atoms with Crippen LogP contribution in [0.25, 0.3) is 17.1 Å². The fourth-order valence-electron chi connectivity index (χ4n) is 4.13. The second kappa shape index (κ2) is 14.5. The number of pyridine rings is 1. The van der Waals surface area contributed by atoms with Crippen molar-refractivity contribution in [2.75, 3.05) is 43.9 Å². The van der Waals surface area contributed by atoms with Crippen molar-refractivity contribution >= 4 is 35.4 Å². The Hall–Kier alpha value is -5.78. The number of oxazole rings is 1. The number of hydrogen-bond donors (Lipinski definition) is 3. The standard InChI is InChI=1S/C31H33F3N8O7/c1-30(2,3)49-29(47)41(17-31(32,33)34)23-14-19(10-11-35-23)27-38-22(16-48-27)25(43)37-21-15-42(20-8-6-18(7-9-20)28(45)46)39-24(21)26(44)36-12-13-40(4)5/h6-11,14-16H,12-13,17H2,1-5H3,(H,36,44)(H,37,43)(H,45,46). The first-order valence-corrected chi connectivity index (χ1v) is 14.6. The molecule has 0 radical (unpaired) electrons. The van der Waals surface area contributed by atoms with Gasteiger partial charge < -0.3 is 29.8 Å². The summed E-state index contributed by atoms with van der Waals surface area (Å²) in [6.45, 7) is 3.63. The molecule has 0 fully saturated rings. The van der Waals surface area contributed by atoms with Crippen molar-refractivity contribution in [2.24, 2.45) is 0 Å². The lowest BCUT2D eigenvalue weighted by Gasteiger charge is -2.27. The molecule has 260 valence electrons. The Morgan fingerprint density at radius 2 is 1.73 bits per heavy atom. The van der Waals surface area contributed by atoms with E-state index in [4.69, 9.17) is 9.15 Å². The molecule has 4 rings (SSSR count). The molecule has 0 unspecified atom stereocenters. The lowest BCUT2D eigenvalue weighted by molar-refractivity contribution is -0.119. The third-order valence-corrected chi connectivity index (χ3v) is 6.36. The highest BCUT2D eigenvalue weighted by Crippen LogP contribution is 2.27. The van der Waals surface area contributed by atoms with Crippen molar-refractivity contribution in [3.05, 3.63) is 72.0 Å². The lowest BCUT2D eigenvalue weighted by Crippen LogP contribution is -2.42. The molecule has 0 aliphatic rings. The van der Waals surface area contributed by atoms with Gasteiger partial charge in [-0.05, 0) is 71.3 Å². The number of likely N-dealkylation sites (N-methyl/N-ethyl adjacent to an activating group) is 1. The zero-order valence-electron chi connectivity index (χ0n) is 27.0. The number of anilines is 2. The van der Waals surface area contributed by atoms with Gasteiger partial charge in [0.25, 0.3) is 11.8 Å². The quantitative estimate of drug-likeness (QED) is 0.202. The molecule has 3 N–H and O–H groups in total. The Labute approximate surface area is 277 Å². The van der Waals surface area contributed by atoms with Gasteiger partial charge in [0, 0.05) is 24.8 Å². The fraction of sp³-hybridized carbons (Fsp3) is 0.323. The Bertz CT molecular complexity index is 1830. The average Bonchev–Trinajstić information content (AvgIpc) is 3.67. The maximum absolute atomic E-state index is 13.4. The molecular weight excluding hydrogens is 653 g/mol. The molecule has 18 heteroatoms. The number of carbonyl (C=O) groups excluding carboxylic acids is 3. The van der Waals surface area contributed by atoms with Gasteiger partial charge in [-0.1, -0.05) is 0 Å². The Kier molecular flexibility index (Phi) is 10.7. The molecule has 4 aromatic rings. The Balaban J connectivity index is 1.60. The van der Waals surface area contributed by atoms with E-state index in [9.17, 15) is 37.5 Å². The number of halogens is 3. The highest BCUT2D eigenvalue weighted by atomic mass is 19.4. The minimum Gasteiger partial charge on any atom is -0.478 e. The van der Waals surface area contributed by atoms with Crippen LogP contribution in [0.1, 0.15) is 52.1 Å². The van der Waals surface area contributed by atoms with Gasteiger partial charge in [-0.25, -0.2) is 24.2 Å². The first kappa shape index (κ1) is 36.1. The number of aromatic nitrogens is 4. The summed E-state index contributed by atoms with van der Waals surface area (Å²) in [6, 6.07) is 8.13. The molecule has 0 aliphatic carbocycles. The van der Waals surface area contributed by atoms with E-state index in [-0.39, 0.29) is 40.6 Å². The van der Waals surface area contributed by atoms with E-state index in [1.165, 1.54) is 62.0 Å². The van der Waals surface area contributed by atoms with Crippen LogP contribution in [0.3, 0.4) is 0 Å². The van der Waals surface area contributed by atoms with E-state index in [0.29, 0.717) is 17.1 Å². The number of ether oxygens (including phenoxy) is 1. The highest BCUT2D eigenvalue weighted by Gasteiger charge is 2.37. The summed E-state index contributed by atoms with van der Waals surface area (Å²) in [5, 5.41) is 18.8. The maximum atomic E-state index is 13.4. The largest absolute Gasteiger partial charge is 0.478 e. The third-order valence-electron chi connectivity index (χ3n) is 6.36. The summed E-state index contributed by atoms with van der Waals surface area (Å²) in [5.41, 5.74) is -0.974. The first-order chi connectivity index (χ1) is 22.9. The third kappa shape index (κ3) is 9.86. The molecule has 1 aromatic carbocycles. The molecule has 3 amide bonds. The molecule has 3 heterocycles. The SMILES string of the molecule is CN(C)CCNC(=O)c1nn(-c2ccc(C(=O)O)cc2)cc1NC(=O)c1coc(-c2ccnc(N(CC(F)(F)F)C(=O)OC(C)(C)C)c2)n1. The van der Waals surface area contributed by atoms with Crippen LogP contribution in [0.4, 0.5) is 29.5 Å². The summed E-state index contributed by atoms with van der Waals surface area (Å²) < 4.78 is 52.0. The summed E-state index contributed by atoms with van der Waals surface area (Å²) in [6.07, 6.45) is -2.56. The molecule has 0 bridgehead atoms. The number of benzene rings is 1. The minimum atomic E-state index is -4.78. The highest BCUT2D eigenvalue weighted by molar-refractivity contribution is 6.07. The van der Waals surface area contributed by atoms with E-state index in [1.807, 2.05) is 19.0 Å². The van der Waals surface area contributed by atoms with Crippen LogP contribution in [0.15, 0.2) is 59.5 Å². The Morgan fingerprint density at radius 3 is 2.35 bits per heavy atom. The maximum Gasteiger partial charge on any atom is 0.416 e. The monoisotopic (exact) mass is 686 g/mol. The molecule has 0 spiro atoms. The zero-order valence-corrected chi connectivity index (χ0v) is 27.0. The number of alkyl halides is 3. The van der Waals surface area contributed by atoms with Crippen molar-refractivity contribution in [3.63, 3.8) is 0 Å². The van der Waals surface area contributed by atoms with Crippen molar-refractivity contribution < 1.29 is 46.6 Å². The van der Waals surface area contributed by atoms with Crippen molar-refractivity contribution in [1.29, 1.82) is 0 Å². The van der Waals surface area contributed by atoms with Gasteiger partial charge in [0.05, 0.1) is 23.1 Å². The smallest absolute Gasteiger partial charge is 0.416 e. The van der Waals surface area contributed by atoms with Gasteiger partial charge in [0.1, 0.15) is 24.2 Å². The van der Waals surface area contributed by atoms with Crippen LogP contribution in [-0.2, 0) is 4.74 Å². The predicted molar refractivity (Wildman–Crippen MR) is 169 cm³/mol. The molecular formula is C31H33F3N8O7. The lowest BCUT2D eigenvalue weighted by atomic mass is 10.2. The number of nitrogens with one attached hydrogen (secondary N) is 2. The number of amides is 3. The number of rotatable bonds is 11. The van der Waals surface area contributed by atoms with E-state index in [2.05, 4.69) is 25.7 Å². The Morgan fingerprint density at radius 1 is 1.04 bits per heavy atom. The van der Waals surface area contributed by atoms with E-state index < -0.39 is 48.0 Å². The summed E-state index contributed by atoms with van der Waals surface area (Å²) in [4.78, 5) is 60.5. The van der Waals surface area contributed by atoms with Crippen LogP contribution < -0.4 is 15.5 Å². The second-order valence-electron chi connectivity index (χ2n) is 11.8.